The molecule has 0 saturated carbocycles. The Balaban J connectivity index is 0.00000306. The summed E-state index contributed by atoms with van der Waals surface area (Å²) in [6.45, 7) is 7.87. The molecule has 3 heterocycles. The first-order valence-electron chi connectivity index (χ1n) is 11.0. The topological polar surface area (TPSA) is 79.6 Å². The second kappa shape index (κ2) is 12.7. The van der Waals surface area contributed by atoms with E-state index < -0.39 is 0 Å². The minimum Gasteiger partial charge on any atom is -0.379 e. The largest absolute Gasteiger partial charge is 0.379 e. The summed E-state index contributed by atoms with van der Waals surface area (Å²) in [4.78, 5) is 15.6. The minimum absolute atomic E-state index is 0. The average Bonchev–Trinajstić information content (AvgIpc) is 3.27. The van der Waals surface area contributed by atoms with Crippen LogP contribution in [0.25, 0.3) is 5.82 Å². The van der Waals surface area contributed by atoms with Crippen LogP contribution in [0.2, 0.25) is 0 Å². The van der Waals surface area contributed by atoms with Gasteiger partial charge in [-0.3, -0.25) is 14.5 Å². The zero-order valence-electron chi connectivity index (χ0n) is 19.2. The number of nitrogens with zero attached hydrogens (tertiary/aromatic N) is 5. The normalized spacial score (nSPS) is 14.5. The van der Waals surface area contributed by atoms with Gasteiger partial charge >= 0.3 is 0 Å². The van der Waals surface area contributed by atoms with Gasteiger partial charge < -0.3 is 15.4 Å². The molecule has 0 atom stereocenters. The van der Waals surface area contributed by atoms with E-state index >= 15 is 0 Å². The Morgan fingerprint density at radius 1 is 1.03 bits per heavy atom. The molecule has 4 rings (SSSR count). The van der Waals surface area contributed by atoms with Crippen molar-refractivity contribution in [2.45, 2.75) is 26.6 Å². The fraction of sp³-hybridized carbons (Fsp3) is 0.375. The van der Waals surface area contributed by atoms with Crippen molar-refractivity contribution in [3.8, 4) is 5.82 Å². The van der Waals surface area contributed by atoms with Crippen LogP contribution >= 0.6 is 24.0 Å². The molecule has 1 aliphatic heterocycles. The number of nitrogens with one attached hydrogen (secondary N) is 2. The number of morpholine rings is 1. The van der Waals surface area contributed by atoms with Gasteiger partial charge in [0.2, 0.25) is 0 Å². The fourth-order valence-corrected chi connectivity index (χ4v) is 3.75. The van der Waals surface area contributed by atoms with Gasteiger partial charge in [-0.15, -0.1) is 24.0 Å². The lowest BCUT2D eigenvalue weighted by atomic mass is 10.1. The predicted molar refractivity (Wildman–Crippen MR) is 141 cm³/mol. The molecule has 0 unspecified atom stereocenters. The van der Waals surface area contributed by atoms with Crippen molar-refractivity contribution in [2.24, 2.45) is 4.99 Å². The molecule has 33 heavy (non-hydrogen) atoms. The zero-order valence-corrected chi connectivity index (χ0v) is 21.5. The zero-order chi connectivity index (χ0) is 22.2. The summed E-state index contributed by atoms with van der Waals surface area (Å²) in [6.07, 6.45) is 5.58. The van der Waals surface area contributed by atoms with Crippen LogP contribution in [0.1, 0.15) is 22.5 Å². The summed E-state index contributed by atoms with van der Waals surface area (Å²) in [5.74, 6) is 2.55. The molecule has 176 valence electrons. The van der Waals surface area contributed by atoms with E-state index in [9.17, 15) is 0 Å². The summed E-state index contributed by atoms with van der Waals surface area (Å²) in [5.41, 5.74) is 3.71. The third kappa shape index (κ3) is 6.99. The van der Waals surface area contributed by atoms with E-state index in [2.05, 4.69) is 60.8 Å². The lowest BCUT2D eigenvalue weighted by molar-refractivity contribution is 0.0341. The SMILES string of the molecule is CN=C(NCc1ccc(-n2ccnc2C)nc1)NCc1ccccc1CN1CCOCC1.I. The summed E-state index contributed by atoms with van der Waals surface area (Å²) >= 11 is 0. The first-order chi connectivity index (χ1) is 15.7. The van der Waals surface area contributed by atoms with Gasteiger partial charge in [-0.05, 0) is 29.7 Å². The van der Waals surface area contributed by atoms with E-state index in [0.717, 1.165) is 62.6 Å². The summed E-state index contributed by atoms with van der Waals surface area (Å²) in [6, 6.07) is 12.7. The van der Waals surface area contributed by atoms with Crippen LogP contribution < -0.4 is 10.6 Å². The van der Waals surface area contributed by atoms with Crippen LogP contribution in [0.5, 0.6) is 0 Å². The molecule has 0 aliphatic carbocycles. The van der Waals surface area contributed by atoms with Gasteiger partial charge in [-0.25, -0.2) is 9.97 Å². The Kier molecular flexibility index (Phi) is 9.64. The van der Waals surface area contributed by atoms with Gasteiger partial charge in [0.25, 0.3) is 0 Å². The second-order valence-electron chi connectivity index (χ2n) is 7.81. The average molecular weight is 561 g/mol. The molecule has 9 heteroatoms. The molecule has 1 aliphatic rings. The number of hydrogen-bond donors (Lipinski definition) is 2. The number of halogens is 1. The van der Waals surface area contributed by atoms with Crippen LogP contribution in [0.3, 0.4) is 0 Å². The van der Waals surface area contributed by atoms with Crippen LogP contribution in [0, 0.1) is 6.92 Å². The van der Waals surface area contributed by atoms with Crippen LogP contribution in [0.4, 0.5) is 0 Å². The van der Waals surface area contributed by atoms with E-state index in [0.29, 0.717) is 6.54 Å². The number of hydrogen-bond acceptors (Lipinski definition) is 5. The highest BCUT2D eigenvalue weighted by molar-refractivity contribution is 14.0. The Bertz CT molecular complexity index is 1030. The van der Waals surface area contributed by atoms with Gasteiger partial charge in [0.15, 0.2) is 5.96 Å². The first kappa shape index (κ1) is 25.1. The van der Waals surface area contributed by atoms with E-state index in [4.69, 9.17) is 4.74 Å². The third-order valence-electron chi connectivity index (χ3n) is 5.63. The lowest BCUT2D eigenvalue weighted by Gasteiger charge is -2.27. The fourth-order valence-electron chi connectivity index (χ4n) is 3.75. The number of imidazole rings is 1. The Morgan fingerprint density at radius 2 is 1.79 bits per heavy atom. The number of guanidine groups is 1. The van der Waals surface area contributed by atoms with Crippen molar-refractivity contribution in [1.82, 2.24) is 30.1 Å². The summed E-state index contributed by atoms with van der Waals surface area (Å²) < 4.78 is 7.43. The smallest absolute Gasteiger partial charge is 0.191 e. The van der Waals surface area contributed by atoms with Crippen LogP contribution in [-0.2, 0) is 24.4 Å². The van der Waals surface area contributed by atoms with Crippen molar-refractivity contribution >= 4 is 29.9 Å². The standard InChI is InChI=1S/C24H31N7O.HI/c1-19-26-9-10-31(19)23-8-7-20(15-27-23)16-28-24(25-2)29-17-21-5-3-4-6-22(21)18-30-11-13-32-14-12-30;/h3-10,15H,11-14,16-18H2,1-2H3,(H2,25,28,29);1H. The lowest BCUT2D eigenvalue weighted by Crippen LogP contribution is -2.37. The molecule has 1 saturated heterocycles. The Morgan fingerprint density at radius 3 is 2.45 bits per heavy atom. The molecule has 0 radical (unpaired) electrons. The van der Waals surface area contributed by atoms with Crippen LogP contribution in [-0.4, -0.2) is 58.7 Å². The van der Waals surface area contributed by atoms with E-state index in [1.807, 2.05) is 30.0 Å². The highest BCUT2D eigenvalue weighted by Gasteiger charge is 2.13. The molecular weight excluding hydrogens is 529 g/mol. The first-order valence-corrected chi connectivity index (χ1v) is 11.0. The summed E-state index contributed by atoms with van der Waals surface area (Å²) in [5, 5.41) is 6.81. The quantitative estimate of drug-likeness (QED) is 0.263. The van der Waals surface area contributed by atoms with Crippen molar-refractivity contribution < 1.29 is 4.74 Å². The third-order valence-corrected chi connectivity index (χ3v) is 5.63. The Hall–Kier alpha value is -2.50. The molecule has 2 aromatic heterocycles. The van der Waals surface area contributed by atoms with E-state index in [-0.39, 0.29) is 24.0 Å². The number of aromatic nitrogens is 3. The molecular formula is C24H32IN7O. The minimum atomic E-state index is 0. The van der Waals surface area contributed by atoms with E-state index in [1.54, 1.807) is 13.2 Å². The van der Waals surface area contributed by atoms with Gasteiger partial charge in [-0.1, -0.05) is 30.3 Å². The number of pyridine rings is 1. The van der Waals surface area contributed by atoms with Gasteiger partial charge in [0, 0.05) is 58.4 Å². The Labute approximate surface area is 212 Å². The number of aryl methyl sites for hydroxylation is 1. The maximum atomic E-state index is 5.47. The van der Waals surface area contributed by atoms with Gasteiger partial charge in [0.05, 0.1) is 13.2 Å². The van der Waals surface area contributed by atoms with Gasteiger partial charge in [0.1, 0.15) is 11.6 Å². The molecule has 8 nitrogen and oxygen atoms in total. The van der Waals surface area contributed by atoms with Crippen molar-refractivity contribution in [3.05, 3.63) is 77.5 Å². The molecule has 1 fully saturated rings. The number of ether oxygens (including phenoxy) is 1. The molecule has 1 aromatic carbocycles. The predicted octanol–water partition coefficient (Wildman–Crippen LogP) is 2.89. The molecule has 0 bridgehead atoms. The van der Waals surface area contributed by atoms with Crippen molar-refractivity contribution in [1.29, 1.82) is 0 Å². The number of benzene rings is 1. The van der Waals surface area contributed by atoms with Gasteiger partial charge in [-0.2, -0.15) is 0 Å². The van der Waals surface area contributed by atoms with Crippen molar-refractivity contribution in [3.63, 3.8) is 0 Å². The second-order valence-corrected chi connectivity index (χ2v) is 7.81. The number of rotatable bonds is 7. The monoisotopic (exact) mass is 561 g/mol. The number of aliphatic imine (C=N–C) groups is 1. The molecule has 0 spiro atoms. The highest BCUT2D eigenvalue weighted by Crippen LogP contribution is 2.13. The maximum absolute atomic E-state index is 5.47. The highest BCUT2D eigenvalue weighted by atomic mass is 127. The molecule has 3 aromatic rings. The van der Waals surface area contributed by atoms with Crippen LogP contribution in [0.15, 0.2) is 60.0 Å². The van der Waals surface area contributed by atoms with E-state index in [1.165, 1.54) is 11.1 Å². The maximum Gasteiger partial charge on any atom is 0.191 e. The summed E-state index contributed by atoms with van der Waals surface area (Å²) in [7, 11) is 1.79. The molecule has 2 N–H and O–H groups in total. The van der Waals surface area contributed by atoms with Crippen molar-refractivity contribution in [2.75, 3.05) is 33.4 Å². The molecule has 0 amide bonds.